The molecule has 1 aromatic carbocycles. The molecule has 0 fully saturated rings. The molecule has 0 spiro atoms. The van der Waals surface area contributed by atoms with Crippen molar-refractivity contribution in [3.05, 3.63) is 29.6 Å². The quantitative estimate of drug-likeness (QED) is 0.462. The molecule has 0 bridgehead atoms. The molecule has 0 aliphatic carbocycles. The number of thiocarbonyl (C=S) groups is 1. The summed E-state index contributed by atoms with van der Waals surface area (Å²) < 4.78 is 12.9. The molecule has 0 amide bonds. The number of aliphatic imine (C=N–C) groups is 1. The van der Waals surface area contributed by atoms with Crippen LogP contribution in [0.25, 0.3) is 0 Å². The van der Waals surface area contributed by atoms with Crippen molar-refractivity contribution in [1.29, 1.82) is 0 Å². The molecule has 3 heteroatoms. The van der Waals surface area contributed by atoms with Crippen LogP contribution in [0.5, 0.6) is 0 Å². The Kier molecular flexibility index (Phi) is 2.47. The second-order valence-electron chi connectivity index (χ2n) is 2.16. The van der Waals surface area contributed by atoms with Crippen LogP contribution in [0.4, 0.5) is 10.1 Å². The van der Waals surface area contributed by atoms with Gasteiger partial charge in [0.2, 0.25) is 0 Å². The van der Waals surface area contributed by atoms with Crippen molar-refractivity contribution in [1.82, 2.24) is 0 Å². The monoisotopic (exact) mass is 167 g/mol. The highest BCUT2D eigenvalue weighted by atomic mass is 32.1. The zero-order chi connectivity index (χ0) is 8.27. The van der Waals surface area contributed by atoms with Crippen LogP contribution in [0.2, 0.25) is 0 Å². The van der Waals surface area contributed by atoms with E-state index in [4.69, 9.17) is 0 Å². The topological polar surface area (TPSA) is 12.4 Å². The Morgan fingerprint density at radius 1 is 1.55 bits per heavy atom. The molecular weight excluding hydrogens is 161 g/mol. The summed E-state index contributed by atoms with van der Waals surface area (Å²) in [5.74, 6) is -0.359. The summed E-state index contributed by atoms with van der Waals surface area (Å²) in [6.07, 6.45) is 0. The molecular formula is C8H6FNS. The van der Waals surface area contributed by atoms with Crippen molar-refractivity contribution in [2.45, 2.75) is 6.92 Å². The highest BCUT2D eigenvalue weighted by molar-refractivity contribution is 7.78. The first-order chi connectivity index (χ1) is 5.24. The van der Waals surface area contributed by atoms with Gasteiger partial charge in [0.25, 0.3) is 0 Å². The second kappa shape index (κ2) is 3.37. The predicted molar refractivity (Wildman–Crippen MR) is 45.8 cm³/mol. The molecule has 0 heterocycles. The lowest BCUT2D eigenvalue weighted by Crippen LogP contribution is -1.77. The van der Waals surface area contributed by atoms with Crippen molar-refractivity contribution in [3.8, 4) is 0 Å². The molecule has 0 atom stereocenters. The van der Waals surface area contributed by atoms with Gasteiger partial charge in [0, 0.05) is 0 Å². The smallest absolute Gasteiger partial charge is 0.149 e. The summed E-state index contributed by atoms with van der Waals surface area (Å²) in [4.78, 5) is 3.54. The third kappa shape index (κ3) is 1.93. The first kappa shape index (κ1) is 8.05. The molecule has 1 nitrogen and oxygen atoms in total. The number of hydrogen-bond donors (Lipinski definition) is 0. The van der Waals surface area contributed by atoms with E-state index < -0.39 is 0 Å². The summed E-state index contributed by atoms with van der Waals surface area (Å²) in [5.41, 5.74) is 1.11. The lowest BCUT2D eigenvalue weighted by Gasteiger charge is -1.94. The van der Waals surface area contributed by atoms with E-state index in [1.54, 1.807) is 12.1 Å². The Bertz CT molecular complexity index is 316. The Hall–Kier alpha value is -1.05. The van der Waals surface area contributed by atoms with Crippen molar-refractivity contribution in [2.24, 2.45) is 4.99 Å². The van der Waals surface area contributed by atoms with E-state index in [0.717, 1.165) is 5.56 Å². The minimum absolute atomic E-state index is 0.241. The summed E-state index contributed by atoms with van der Waals surface area (Å²) in [7, 11) is 0. The van der Waals surface area contributed by atoms with E-state index in [1.807, 2.05) is 6.92 Å². The van der Waals surface area contributed by atoms with E-state index >= 15 is 0 Å². The van der Waals surface area contributed by atoms with Crippen LogP contribution in [0.15, 0.2) is 23.2 Å². The average Bonchev–Trinajstić information content (AvgIpc) is 1.95. The van der Waals surface area contributed by atoms with E-state index in [-0.39, 0.29) is 11.5 Å². The summed E-state index contributed by atoms with van der Waals surface area (Å²) >= 11 is 4.34. The van der Waals surface area contributed by atoms with E-state index in [1.165, 1.54) is 6.07 Å². The van der Waals surface area contributed by atoms with E-state index in [2.05, 4.69) is 22.4 Å². The van der Waals surface area contributed by atoms with Crippen LogP contribution in [0, 0.1) is 12.7 Å². The largest absolute Gasteiger partial charge is 0.205 e. The van der Waals surface area contributed by atoms with Gasteiger partial charge in [-0.3, -0.25) is 0 Å². The van der Waals surface area contributed by atoms with Gasteiger partial charge < -0.3 is 0 Å². The average molecular weight is 167 g/mol. The zero-order valence-electron chi connectivity index (χ0n) is 5.97. The maximum atomic E-state index is 12.9. The fourth-order valence-electron chi connectivity index (χ4n) is 0.752. The number of nitrogens with zero attached hydrogens (tertiary/aromatic N) is 1. The Morgan fingerprint density at radius 2 is 2.27 bits per heavy atom. The number of halogens is 1. The second-order valence-corrected chi connectivity index (χ2v) is 2.34. The van der Waals surface area contributed by atoms with Gasteiger partial charge in [0.15, 0.2) is 0 Å². The molecule has 11 heavy (non-hydrogen) atoms. The third-order valence-corrected chi connectivity index (χ3v) is 1.36. The number of benzene rings is 1. The maximum Gasteiger partial charge on any atom is 0.149 e. The Labute approximate surface area is 69.6 Å². The van der Waals surface area contributed by atoms with E-state index in [9.17, 15) is 4.39 Å². The number of hydrogen-bond acceptors (Lipinski definition) is 2. The Morgan fingerprint density at radius 3 is 2.82 bits per heavy atom. The van der Waals surface area contributed by atoms with Crippen molar-refractivity contribution in [3.63, 3.8) is 0 Å². The van der Waals surface area contributed by atoms with Gasteiger partial charge in [-0.25, -0.2) is 4.39 Å². The van der Waals surface area contributed by atoms with Gasteiger partial charge in [0.05, 0.1) is 5.16 Å². The molecule has 0 aliphatic rings. The zero-order valence-corrected chi connectivity index (χ0v) is 6.78. The molecule has 1 rings (SSSR count). The molecule has 0 saturated carbocycles. The fraction of sp³-hybridized carbons (Fsp3) is 0.125. The fourth-order valence-corrected chi connectivity index (χ4v) is 0.850. The van der Waals surface area contributed by atoms with Crippen LogP contribution in [0.3, 0.4) is 0 Å². The molecule has 0 unspecified atom stereocenters. The van der Waals surface area contributed by atoms with Gasteiger partial charge >= 0.3 is 0 Å². The SMILES string of the molecule is Cc1ccc(N=C=S)c(F)c1. The molecule has 0 aliphatic heterocycles. The van der Waals surface area contributed by atoms with Crippen LogP contribution < -0.4 is 0 Å². The molecule has 0 radical (unpaired) electrons. The minimum atomic E-state index is -0.359. The maximum absolute atomic E-state index is 12.9. The molecule has 1 aromatic rings. The van der Waals surface area contributed by atoms with E-state index in [0.29, 0.717) is 0 Å². The van der Waals surface area contributed by atoms with Gasteiger partial charge in [0.1, 0.15) is 11.5 Å². The van der Waals surface area contributed by atoms with Crippen molar-refractivity contribution in [2.75, 3.05) is 0 Å². The molecule has 0 N–H and O–H groups in total. The predicted octanol–water partition coefficient (Wildman–Crippen LogP) is 2.87. The first-order valence-corrected chi connectivity index (χ1v) is 3.49. The highest BCUT2D eigenvalue weighted by Gasteiger charge is 1.97. The van der Waals surface area contributed by atoms with Gasteiger partial charge in [-0.2, -0.15) is 4.99 Å². The van der Waals surface area contributed by atoms with Crippen LogP contribution in [-0.2, 0) is 0 Å². The molecule has 56 valence electrons. The van der Waals surface area contributed by atoms with Gasteiger partial charge in [-0.15, -0.1) is 0 Å². The molecule has 0 aromatic heterocycles. The van der Waals surface area contributed by atoms with Crippen molar-refractivity contribution < 1.29 is 4.39 Å². The third-order valence-electron chi connectivity index (χ3n) is 1.27. The first-order valence-electron chi connectivity index (χ1n) is 3.08. The van der Waals surface area contributed by atoms with Gasteiger partial charge in [-0.05, 0) is 36.8 Å². The van der Waals surface area contributed by atoms with Gasteiger partial charge in [-0.1, -0.05) is 6.07 Å². The Balaban J connectivity index is 3.19. The standard InChI is InChI=1S/C8H6FNS/c1-6-2-3-8(10-5-11)7(9)4-6/h2-4H,1H3. The van der Waals surface area contributed by atoms with Crippen LogP contribution in [0.1, 0.15) is 5.56 Å². The highest BCUT2D eigenvalue weighted by Crippen LogP contribution is 2.17. The minimum Gasteiger partial charge on any atom is -0.205 e. The summed E-state index contributed by atoms with van der Waals surface area (Å²) in [5, 5.41) is 2.11. The lowest BCUT2D eigenvalue weighted by atomic mass is 10.2. The van der Waals surface area contributed by atoms with Crippen LogP contribution >= 0.6 is 12.2 Å². The summed E-state index contributed by atoms with van der Waals surface area (Å²) in [6, 6.07) is 4.75. The molecule has 0 saturated heterocycles. The summed E-state index contributed by atoms with van der Waals surface area (Å²) in [6.45, 7) is 1.81. The van der Waals surface area contributed by atoms with Crippen LogP contribution in [-0.4, -0.2) is 5.16 Å². The normalized spacial score (nSPS) is 8.91. The van der Waals surface area contributed by atoms with Crippen molar-refractivity contribution >= 4 is 23.1 Å². The number of aryl methyl sites for hydroxylation is 1. The number of rotatable bonds is 1. The lowest BCUT2D eigenvalue weighted by molar-refractivity contribution is 0.629. The number of isothiocyanates is 1.